The quantitative estimate of drug-likeness (QED) is 0.631. The van der Waals surface area contributed by atoms with Gasteiger partial charge in [0.25, 0.3) is 0 Å². The van der Waals surface area contributed by atoms with Crippen LogP contribution in [0.5, 0.6) is 17.2 Å². The Morgan fingerprint density at radius 1 is 1.07 bits per heavy atom. The molecule has 158 valence electrons. The number of sulfonamides is 1. The van der Waals surface area contributed by atoms with Gasteiger partial charge in [0.15, 0.2) is 11.5 Å². The summed E-state index contributed by atoms with van der Waals surface area (Å²) in [5.74, 6) is 1.22. The summed E-state index contributed by atoms with van der Waals surface area (Å²) < 4.78 is 41.4. The number of rotatable bonds is 10. The summed E-state index contributed by atoms with van der Waals surface area (Å²) in [6.45, 7) is 2.16. The van der Waals surface area contributed by atoms with Crippen molar-refractivity contribution in [2.75, 3.05) is 37.9 Å². The number of methoxy groups -OCH3 is 2. The highest BCUT2D eigenvalue weighted by atomic mass is 32.2. The van der Waals surface area contributed by atoms with Crippen molar-refractivity contribution in [2.24, 2.45) is 0 Å². The second-order valence-corrected chi connectivity index (χ2v) is 8.07. The first-order valence-electron chi connectivity index (χ1n) is 8.96. The Bertz CT molecular complexity index is 946. The molecule has 1 N–H and O–H groups in total. The molecule has 0 aromatic heterocycles. The second kappa shape index (κ2) is 10.0. The molecular formula is C20H26N2O6S. The fourth-order valence-corrected chi connectivity index (χ4v) is 3.52. The molecule has 2 aromatic carbocycles. The number of hydrogen-bond acceptors (Lipinski definition) is 6. The van der Waals surface area contributed by atoms with Crippen molar-refractivity contribution >= 4 is 21.6 Å². The van der Waals surface area contributed by atoms with Gasteiger partial charge in [-0.2, -0.15) is 0 Å². The van der Waals surface area contributed by atoms with Gasteiger partial charge in [0, 0.05) is 12.6 Å². The molecule has 0 aliphatic rings. The highest BCUT2D eigenvalue weighted by Gasteiger charge is 2.21. The number of carbonyl (C=O) groups is 1. The first-order chi connectivity index (χ1) is 13.8. The van der Waals surface area contributed by atoms with Crippen molar-refractivity contribution in [1.82, 2.24) is 5.32 Å². The minimum absolute atomic E-state index is 0.218. The van der Waals surface area contributed by atoms with Crippen LogP contribution in [-0.2, 0) is 21.4 Å². The van der Waals surface area contributed by atoms with E-state index in [0.29, 0.717) is 29.5 Å². The molecule has 0 aliphatic carbocycles. The van der Waals surface area contributed by atoms with E-state index in [1.807, 2.05) is 6.92 Å². The van der Waals surface area contributed by atoms with Gasteiger partial charge in [-0.15, -0.1) is 0 Å². The molecule has 0 bridgehead atoms. The van der Waals surface area contributed by atoms with E-state index in [2.05, 4.69) is 5.32 Å². The van der Waals surface area contributed by atoms with Crippen molar-refractivity contribution in [3.8, 4) is 17.2 Å². The van der Waals surface area contributed by atoms with Gasteiger partial charge in [-0.25, -0.2) is 8.42 Å². The van der Waals surface area contributed by atoms with E-state index in [-0.39, 0.29) is 13.1 Å². The van der Waals surface area contributed by atoms with E-state index in [1.54, 1.807) is 49.6 Å². The number of nitrogens with one attached hydrogen (secondary N) is 1. The largest absolute Gasteiger partial charge is 0.494 e. The number of hydrogen-bond donors (Lipinski definition) is 1. The number of amides is 1. The van der Waals surface area contributed by atoms with E-state index < -0.39 is 15.9 Å². The Kier molecular flexibility index (Phi) is 7.72. The van der Waals surface area contributed by atoms with Gasteiger partial charge in [-0.3, -0.25) is 9.10 Å². The molecule has 29 heavy (non-hydrogen) atoms. The van der Waals surface area contributed by atoms with Crippen LogP contribution >= 0.6 is 0 Å². The van der Waals surface area contributed by atoms with E-state index in [1.165, 1.54) is 7.11 Å². The monoisotopic (exact) mass is 422 g/mol. The maximum absolute atomic E-state index is 12.4. The normalized spacial score (nSPS) is 10.9. The molecule has 0 spiro atoms. The summed E-state index contributed by atoms with van der Waals surface area (Å²) in [5.41, 5.74) is 1.15. The molecule has 0 fully saturated rings. The van der Waals surface area contributed by atoms with Crippen molar-refractivity contribution in [3.05, 3.63) is 48.0 Å². The van der Waals surface area contributed by atoms with Crippen molar-refractivity contribution in [3.63, 3.8) is 0 Å². The molecule has 0 heterocycles. The first-order valence-corrected chi connectivity index (χ1v) is 10.8. The van der Waals surface area contributed by atoms with Crippen LogP contribution in [0.4, 0.5) is 5.69 Å². The maximum atomic E-state index is 12.4. The molecule has 1 amide bonds. The Labute approximate surface area is 171 Å². The second-order valence-electron chi connectivity index (χ2n) is 6.17. The SMILES string of the molecule is CCOc1cccc(N(CC(=O)NCc2ccc(OC)c(OC)c2)S(C)(=O)=O)c1. The zero-order valence-corrected chi connectivity index (χ0v) is 17.8. The van der Waals surface area contributed by atoms with Crippen molar-refractivity contribution < 1.29 is 27.4 Å². The van der Waals surface area contributed by atoms with Gasteiger partial charge < -0.3 is 19.5 Å². The average Bonchev–Trinajstić information content (AvgIpc) is 2.69. The van der Waals surface area contributed by atoms with Crippen molar-refractivity contribution in [1.29, 1.82) is 0 Å². The minimum Gasteiger partial charge on any atom is -0.494 e. The van der Waals surface area contributed by atoms with E-state index in [4.69, 9.17) is 14.2 Å². The summed E-state index contributed by atoms with van der Waals surface area (Å²) in [4.78, 5) is 12.4. The molecule has 2 rings (SSSR count). The Balaban J connectivity index is 2.10. The Hall–Kier alpha value is -2.94. The van der Waals surface area contributed by atoms with E-state index in [0.717, 1.165) is 16.1 Å². The molecule has 9 heteroatoms. The smallest absolute Gasteiger partial charge is 0.241 e. The highest BCUT2D eigenvalue weighted by molar-refractivity contribution is 7.92. The third-order valence-electron chi connectivity index (χ3n) is 4.04. The van der Waals surface area contributed by atoms with Crippen LogP contribution in [0.2, 0.25) is 0 Å². The standard InChI is InChI=1S/C20H26N2O6S/c1-5-28-17-8-6-7-16(12-17)22(29(4,24)25)14-20(23)21-13-15-9-10-18(26-2)19(11-15)27-3/h6-12H,5,13-14H2,1-4H3,(H,21,23). The van der Waals surface area contributed by atoms with Crippen LogP contribution in [-0.4, -0.2) is 48.0 Å². The number of nitrogens with zero attached hydrogens (tertiary/aromatic N) is 1. The molecule has 8 nitrogen and oxygen atoms in total. The molecule has 0 atom stereocenters. The number of ether oxygens (including phenoxy) is 3. The lowest BCUT2D eigenvalue weighted by Crippen LogP contribution is -2.40. The summed E-state index contributed by atoms with van der Waals surface area (Å²) in [6.07, 6.45) is 1.06. The predicted octanol–water partition coefficient (Wildman–Crippen LogP) is 2.18. The zero-order valence-electron chi connectivity index (χ0n) is 17.0. The number of benzene rings is 2. The summed E-state index contributed by atoms with van der Waals surface area (Å²) in [7, 11) is -0.597. The fraction of sp³-hybridized carbons (Fsp3) is 0.350. The number of anilines is 1. The lowest BCUT2D eigenvalue weighted by Gasteiger charge is -2.22. The molecular weight excluding hydrogens is 396 g/mol. The van der Waals surface area contributed by atoms with Gasteiger partial charge in [0.2, 0.25) is 15.9 Å². The lowest BCUT2D eigenvalue weighted by atomic mass is 10.2. The van der Waals surface area contributed by atoms with Gasteiger partial charge in [0.1, 0.15) is 12.3 Å². The van der Waals surface area contributed by atoms with Gasteiger partial charge in [-0.1, -0.05) is 12.1 Å². The van der Waals surface area contributed by atoms with Crippen LogP contribution in [0.15, 0.2) is 42.5 Å². The summed E-state index contributed by atoms with van der Waals surface area (Å²) >= 11 is 0. The summed E-state index contributed by atoms with van der Waals surface area (Å²) in [6, 6.07) is 11.9. The lowest BCUT2D eigenvalue weighted by molar-refractivity contribution is -0.119. The predicted molar refractivity (Wildman–Crippen MR) is 111 cm³/mol. The van der Waals surface area contributed by atoms with Crippen molar-refractivity contribution in [2.45, 2.75) is 13.5 Å². The van der Waals surface area contributed by atoms with Crippen LogP contribution in [0, 0.1) is 0 Å². The van der Waals surface area contributed by atoms with Crippen LogP contribution < -0.4 is 23.8 Å². The molecule has 0 saturated carbocycles. The molecule has 0 unspecified atom stereocenters. The molecule has 0 aliphatic heterocycles. The third-order valence-corrected chi connectivity index (χ3v) is 5.18. The molecule has 0 radical (unpaired) electrons. The molecule has 0 saturated heterocycles. The average molecular weight is 423 g/mol. The Morgan fingerprint density at radius 3 is 2.41 bits per heavy atom. The zero-order chi connectivity index (χ0) is 21.4. The highest BCUT2D eigenvalue weighted by Crippen LogP contribution is 2.27. The third kappa shape index (κ3) is 6.28. The maximum Gasteiger partial charge on any atom is 0.241 e. The van der Waals surface area contributed by atoms with Gasteiger partial charge in [0.05, 0.1) is 32.8 Å². The number of carbonyl (C=O) groups excluding carboxylic acids is 1. The van der Waals surface area contributed by atoms with Gasteiger partial charge in [-0.05, 0) is 36.8 Å². The van der Waals surface area contributed by atoms with Crippen LogP contribution in [0.3, 0.4) is 0 Å². The van der Waals surface area contributed by atoms with Gasteiger partial charge >= 0.3 is 0 Å². The van der Waals surface area contributed by atoms with E-state index >= 15 is 0 Å². The minimum atomic E-state index is -3.67. The first kappa shape index (κ1) is 22.4. The van der Waals surface area contributed by atoms with E-state index in [9.17, 15) is 13.2 Å². The summed E-state index contributed by atoms with van der Waals surface area (Å²) in [5, 5.41) is 2.73. The molecule has 2 aromatic rings. The van der Waals surface area contributed by atoms with Crippen LogP contribution in [0.25, 0.3) is 0 Å². The fourth-order valence-electron chi connectivity index (χ4n) is 2.67. The topological polar surface area (TPSA) is 94.2 Å². The Morgan fingerprint density at radius 2 is 1.79 bits per heavy atom. The van der Waals surface area contributed by atoms with Crippen LogP contribution in [0.1, 0.15) is 12.5 Å².